The summed E-state index contributed by atoms with van der Waals surface area (Å²) < 4.78 is 1.68. The molecule has 0 saturated carbocycles. The van der Waals surface area contributed by atoms with Crippen LogP contribution in [0.25, 0.3) is 0 Å². The molecule has 30 heavy (non-hydrogen) atoms. The Morgan fingerprint density at radius 1 is 1.07 bits per heavy atom. The smallest absolute Gasteiger partial charge is 0.227 e. The average molecular weight is 426 g/mol. The highest BCUT2D eigenvalue weighted by Gasteiger charge is 2.23. The fraction of sp³-hybridized carbons (Fsp3) is 0.348. The van der Waals surface area contributed by atoms with Gasteiger partial charge in [-0.25, -0.2) is 4.68 Å². The first-order chi connectivity index (χ1) is 14.2. The highest BCUT2D eigenvalue weighted by molar-refractivity contribution is 5.90. The van der Waals surface area contributed by atoms with Crippen LogP contribution in [0.4, 0.5) is 5.95 Å². The van der Waals surface area contributed by atoms with Crippen LogP contribution < -0.4 is 10.6 Å². The predicted octanol–water partition coefficient (Wildman–Crippen LogP) is 3.86. The Labute approximate surface area is 183 Å². The van der Waals surface area contributed by atoms with Crippen molar-refractivity contribution in [2.24, 2.45) is 7.05 Å². The van der Waals surface area contributed by atoms with Crippen LogP contribution >= 0.6 is 12.4 Å². The molecule has 0 atom stereocenters. The molecule has 0 aliphatic carbocycles. The summed E-state index contributed by atoms with van der Waals surface area (Å²) in [6.45, 7) is 1.97. The van der Waals surface area contributed by atoms with Gasteiger partial charge in [-0.15, -0.1) is 12.4 Å². The summed E-state index contributed by atoms with van der Waals surface area (Å²) in [5.41, 5.74) is 2.25. The lowest BCUT2D eigenvalue weighted by Crippen LogP contribution is -2.27. The zero-order valence-electron chi connectivity index (χ0n) is 17.1. The Balaban J connectivity index is 0.00000256. The topological polar surface area (TPSA) is 71.8 Å². The summed E-state index contributed by atoms with van der Waals surface area (Å²) >= 11 is 0. The highest BCUT2D eigenvalue weighted by atomic mass is 35.5. The van der Waals surface area contributed by atoms with E-state index in [1.807, 2.05) is 43.4 Å². The second kappa shape index (κ2) is 10.4. The molecular formula is C23H28ClN5O. The van der Waals surface area contributed by atoms with Crippen LogP contribution in [0.3, 0.4) is 0 Å². The zero-order chi connectivity index (χ0) is 20.1. The molecule has 1 saturated heterocycles. The fourth-order valence-electron chi connectivity index (χ4n) is 3.93. The van der Waals surface area contributed by atoms with Gasteiger partial charge in [-0.05, 0) is 37.1 Å². The summed E-state index contributed by atoms with van der Waals surface area (Å²) in [7, 11) is 1.83. The summed E-state index contributed by atoms with van der Waals surface area (Å²) in [6.07, 6.45) is 2.41. The van der Waals surface area contributed by atoms with Gasteiger partial charge in [0.25, 0.3) is 0 Å². The molecule has 0 spiro atoms. The molecular weight excluding hydrogens is 398 g/mol. The van der Waals surface area contributed by atoms with E-state index in [9.17, 15) is 4.79 Å². The molecule has 0 bridgehead atoms. The lowest BCUT2D eigenvalue weighted by molar-refractivity contribution is -0.116. The van der Waals surface area contributed by atoms with Crippen molar-refractivity contribution in [3.8, 4) is 0 Å². The Bertz CT molecular complexity index is 899. The third-order valence-electron chi connectivity index (χ3n) is 5.53. The summed E-state index contributed by atoms with van der Waals surface area (Å²) in [5, 5.41) is 10.9. The molecule has 0 radical (unpaired) electrons. The van der Waals surface area contributed by atoms with Gasteiger partial charge in [-0.2, -0.15) is 10.1 Å². The normalized spacial score (nSPS) is 14.3. The fourth-order valence-corrected chi connectivity index (χ4v) is 3.93. The molecule has 1 aromatic heterocycles. The number of halogens is 1. The first kappa shape index (κ1) is 22.0. The van der Waals surface area contributed by atoms with Gasteiger partial charge in [0.05, 0.1) is 0 Å². The van der Waals surface area contributed by atoms with Crippen molar-refractivity contribution in [1.82, 2.24) is 20.1 Å². The largest absolute Gasteiger partial charge is 0.317 e. The molecule has 6 nitrogen and oxygen atoms in total. The molecule has 7 heteroatoms. The van der Waals surface area contributed by atoms with Crippen molar-refractivity contribution in [1.29, 1.82) is 0 Å². The van der Waals surface area contributed by atoms with Crippen LogP contribution in [0, 0.1) is 0 Å². The molecule has 0 unspecified atom stereocenters. The number of hydrogen-bond acceptors (Lipinski definition) is 4. The maximum Gasteiger partial charge on any atom is 0.227 e. The van der Waals surface area contributed by atoms with Crippen molar-refractivity contribution in [2.45, 2.75) is 31.1 Å². The van der Waals surface area contributed by atoms with Gasteiger partial charge in [0.2, 0.25) is 11.9 Å². The van der Waals surface area contributed by atoms with Gasteiger partial charge in [0.15, 0.2) is 5.82 Å². The van der Waals surface area contributed by atoms with Crippen LogP contribution in [0.2, 0.25) is 0 Å². The van der Waals surface area contributed by atoms with E-state index in [2.05, 4.69) is 45.0 Å². The van der Waals surface area contributed by atoms with E-state index in [1.54, 1.807) is 4.68 Å². The van der Waals surface area contributed by atoms with Crippen molar-refractivity contribution in [3.05, 3.63) is 77.6 Å². The van der Waals surface area contributed by atoms with E-state index in [1.165, 1.54) is 0 Å². The van der Waals surface area contributed by atoms with Crippen molar-refractivity contribution >= 4 is 24.3 Å². The SMILES string of the molecule is Cl.Cn1nc(C2CCNCC2)nc1NC(=O)CC(c1ccccc1)c1ccccc1. The molecule has 4 rings (SSSR count). The minimum absolute atomic E-state index is 0. The monoisotopic (exact) mass is 425 g/mol. The van der Waals surface area contributed by atoms with Gasteiger partial charge in [0.1, 0.15) is 0 Å². The number of rotatable bonds is 6. The van der Waals surface area contributed by atoms with E-state index < -0.39 is 0 Å². The number of hydrogen-bond donors (Lipinski definition) is 2. The van der Waals surface area contributed by atoms with E-state index in [-0.39, 0.29) is 24.2 Å². The number of carbonyl (C=O) groups is 1. The van der Waals surface area contributed by atoms with Crippen molar-refractivity contribution in [2.75, 3.05) is 18.4 Å². The number of anilines is 1. The lowest BCUT2D eigenvalue weighted by atomic mass is 9.88. The van der Waals surface area contributed by atoms with Gasteiger partial charge in [-0.3, -0.25) is 10.1 Å². The third-order valence-corrected chi connectivity index (χ3v) is 5.53. The molecule has 2 aromatic carbocycles. The Morgan fingerprint density at radius 2 is 1.63 bits per heavy atom. The number of nitrogens with zero attached hydrogens (tertiary/aromatic N) is 3. The van der Waals surface area contributed by atoms with Gasteiger partial charge in [0, 0.05) is 25.3 Å². The molecule has 2 N–H and O–H groups in total. The van der Waals surface area contributed by atoms with Crippen LogP contribution in [-0.4, -0.2) is 33.8 Å². The molecule has 3 aromatic rings. The van der Waals surface area contributed by atoms with Gasteiger partial charge < -0.3 is 5.32 Å². The molecule has 1 aliphatic rings. The minimum atomic E-state index is -0.0601. The van der Waals surface area contributed by atoms with Crippen molar-refractivity contribution in [3.63, 3.8) is 0 Å². The Morgan fingerprint density at radius 3 is 2.20 bits per heavy atom. The zero-order valence-corrected chi connectivity index (χ0v) is 17.9. The number of aryl methyl sites for hydroxylation is 1. The number of piperidine rings is 1. The van der Waals surface area contributed by atoms with Crippen LogP contribution in [0.15, 0.2) is 60.7 Å². The van der Waals surface area contributed by atoms with E-state index in [0.29, 0.717) is 18.3 Å². The first-order valence-corrected chi connectivity index (χ1v) is 10.2. The molecule has 2 heterocycles. The highest BCUT2D eigenvalue weighted by Crippen LogP contribution is 2.28. The number of nitrogens with one attached hydrogen (secondary N) is 2. The second-order valence-corrected chi connectivity index (χ2v) is 7.57. The van der Waals surface area contributed by atoms with E-state index in [0.717, 1.165) is 42.9 Å². The van der Waals surface area contributed by atoms with Crippen LogP contribution in [0.1, 0.15) is 48.0 Å². The molecule has 1 fully saturated rings. The van der Waals surface area contributed by atoms with E-state index >= 15 is 0 Å². The second-order valence-electron chi connectivity index (χ2n) is 7.57. The standard InChI is InChI=1S/C23H27N5O.ClH/c1-28-23(26-22(27-28)19-12-14-24-15-13-19)25-21(29)16-20(17-8-4-2-5-9-17)18-10-6-3-7-11-18;/h2-11,19-20,24H,12-16H2,1H3,(H,25,26,27,29);1H. The minimum Gasteiger partial charge on any atom is -0.317 e. The predicted molar refractivity (Wildman–Crippen MR) is 121 cm³/mol. The number of benzene rings is 2. The number of amides is 1. The summed E-state index contributed by atoms with van der Waals surface area (Å²) in [4.78, 5) is 17.5. The Kier molecular flexibility index (Phi) is 7.60. The number of aromatic nitrogens is 3. The van der Waals surface area contributed by atoms with Crippen LogP contribution in [-0.2, 0) is 11.8 Å². The maximum atomic E-state index is 12.9. The third kappa shape index (κ3) is 5.26. The van der Waals surface area contributed by atoms with Crippen molar-refractivity contribution < 1.29 is 4.79 Å². The quantitative estimate of drug-likeness (QED) is 0.629. The van der Waals surface area contributed by atoms with Crippen LogP contribution in [0.5, 0.6) is 0 Å². The molecule has 158 valence electrons. The Hall–Kier alpha value is -2.70. The summed E-state index contributed by atoms with van der Waals surface area (Å²) in [6, 6.07) is 20.3. The molecule has 1 amide bonds. The van der Waals surface area contributed by atoms with E-state index in [4.69, 9.17) is 0 Å². The lowest BCUT2D eigenvalue weighted by Gasteiger charge is -2.19. The maximum absolute atomic E-state index is 12.9. The van der Waals surface area contributed by atoms with Gasteiger partial charge >= 0.3 is 0 Å². The van der Waals surface area contributed by atoms with Gasteiger partial charge in [-0.1, -0.05) is 60.7 Å². The summed E-state index contributed by atoms with van der Waals surface area (Å²) in [5.74, 6) is 1.63. The first-order valence-electron chi connectivity index (χ1n) is 10.2. The average Bonchev–Trinajstić information content (AvgIpc) is 3.14. The molecule has 1 aliphatic heterocycles. The number of carbonyl (C=O) groups excluding carboxylic acids is 1.